The van der Waals surface area contributed by atoms with E-state index in [1.54, 1.807) is 0 Å². The van der Waals surface area contributed by atoms with Gasteiger partial charge in [-0.15, -0.1) is 11.7 Å². The molecule has 1 nitrogen and oxygen atoms in total. The van der Waals surface area contributed by atoms with Gasteiger partial charge in [-0.25, -0.2) is 0 Å². The molecule has 0 rings (SSSR count). The van der Waals surface area contributed by atoms with Crippen molar-refractivity contribution in [1.82, 2.24) is 4.31 Å². The fourth-order valence-electron chi connectivity index (χ4n) is 0. The molecule has 0 saturated heterocycles. The molecule has 0 aromatic carbocycles. The lowest BCUT2D eigenvalue weighted by molar-refractivity contribution is 0.498. The van der Waals surface area contributed by atoms with Gasteiger partial charge < -0.3 is 0 Å². The summed E-state index contributed by atoms with van der Waals surface area (Å²) in [4.78, 5) is 0. The molecule has 6 heteroatoms. The second-order valence-electron chi connectivity index (χ2n) is 1.19. The van der Waals surface area contributed by atoms with Gasteiger partial charge in [0.2, 0.25) is 0 Å². The van der Waals surface area contributed by atoms with Gasteiger partial charge in [0, 0.05) is 14.1 Å². The van der Waals surface area contributed by atoms with Gasteiger partial charge in [-0.3, -0.25) is 0 Å². The van der Waals surface area contributed by atoms with Crippen molar-refractivity contribution >= 4 is 24.9 Å². The molecule has 8 heavy (non-hydrogen) atoms. The Morgan fingerprint density at radius 1 is 1.12 bits per heavy atom. The highest BCUT2D eigenvalue weighted by Gasteiger charge is 2.22. The van der Waals surface area contributed by atoms with Crippen LogP contribution in [0.4, 0.5) is 11.7 Å². The summed E-state index contributed by atoms with van der Waals surface area (Å²) in [5.74, 6) is 0. The van der Waals surface area contributed by atoms with Crippen LogP contribution in [0.25, 0.3) is 0 Å². The molecule has 0 aromatic heterocycles. The van der Waals surface area contributed by atoms with Crippen LogP contribution in [0.15, 0.2) is 0 Å². The molecular weight excluding hydrogens is 159 g/mol. The highest BCUT2D eigenvalue weighted by atomic mass is 32.3. The van der Waals surface area contributed by atoms with E-state index in [-0.39, 0.29) is 17.8 Å². The van der Waals surface area contributed by atoms with E-state index in [4.69, 9.17) is 0 Å². The van der Waals surface area contributed by atoms with Crippen LogP contribution < -0.4 is 0 Å². The molecule has 0 aromatic rings. The summed E-state index contributed by atoms with van der Waals surface area (Å²) in [7, 11) is 1.99. The van der Waals surface area contributed by atoms with E-state index in [9.17, 15) is 11.7 Å². The van der Waals surface area contributed by atoms with E-state index in [1.165, 1.54) is 0 Å². The van der Waals surface area contributed by atoms with Gasteiger partial charge >= 0.3 is 0 Å². The smallest absolute Gasteiger partial charge is 0.199 e. The highest BCUT2D eigenvalue weighted by molar-refractivity contribution is 8.18. The van der Waals surface area contributed by atoms with Crippen LogP contribution in [-0.2, 0) is 0 Å². The van der Waals surface area contributed by atoms with Gasteiger partial charge in [0.15, 0.2) is 0 Å². The van der Waals surface area contributed by atoms with Crippen LogP contribution in [0.1, 0.15) is 0 Å². The summed E-state index contributed by atoms with van der Waals surface area (Å²) < 4.78 is 33.8. The largest absolute Gasteiger partial charge is 0.277 e. The molecule has 0 aliphatic heterocycles. The van der Waals surface area contributed by atoms with Crippen molar-refractivity contribution in [3.8, 4) is 0 Å². The van der Waals surface area contributed by atoms with Crippen molar-refractivity contribution in [2.24, 2.45) is 0 Å². The number of halogens is 3. The highest BCUT2D eigenvalue weighted by Crippen LogP contribution is 2.54. The van der Waals surface area contributed by atoms with E-state index < -0.39 is 11.4 Å². The maximum Gasteiger partial charge on any atom is 0.277 e. The lowest BCUT2D eigenvalue weighted by atomic mass is 11.3. The fraction of sp³-hybridized carbons (Fsp3) is 1.00. The summed E-state index contributed by atoms with van der Waals surface area (Å²) in [5.41, 5.74) is 0. The second kappa shape index (κ2) is 3.47. The molecule has 0 aliphatic carbocycles. The molecule has 0 radical (unpaired) electrons. The van der Waals surface area contributed by atoms with Crippen LogP contribution in [-0.4, -0.2) is 18.4 Å². The third-order valence-electron chi connectivity index (χ3n) is 0.414. The van der Waals surface area contributed by atoms with E-state index in [2.05, 4.69) is 0 Å². The molecule has 0 saturated carbocycles. The first-order valence-corrected chi connectivity index (χ1v) is 2.83. The van der Waals surface area contributed by atoms with Crippen LogP contribution in [0.2, 0.25) is 0 Å². The van der Waals surface area contributed by atoms with E-state index in [0.29, 0.717) is 0 Å². The standard InChI is InChI=1S/C2H6F3NS.H2S/c1-6(2)7(3,4)5;/h1-2H3;1H2. The van der Waals surface area contributed by atoms with Crippen LogP contribution in [0, 0.1) is 0 Å². The Morgan fingerprint density at radius 3 is 1.25 bits per heavy atom. The summed E-state index contributed by atoms with van der Waals surface area (Å²) in [6.45, 7) is 0. The van der Waals surface area contributed by atoms with E-state index >= 15 is 0 Å². The summed E-state index contributed by atoms with van der Waals surface area (Å²) >= 11 is -4.91. The first kappa shape index (κ1) is 11.3. The zero-order valence-electron chi connectivity index (χ0n) is 4.49. The molecule has 0 spiro atoms. The van der Waals surface area contributed by atoms with E-state index in [0.717, 1.165) is 14.1 Å². The van der Waals surface area contributed by atoms with Crippen molar-refractivity contribution in [3.05, 3.63) is 0 Å². The zero-order chi connectivity index (χ0) is 6.08. The Balaban J connectivity index is 0. The summed E-state index contributed by atoms with van der Waals surface area (Å²) in [6, 6.07) is 0. The monoisotopic (exact) mass is 167 g/mol. The predicted molar refractivity (Wildman–Crippen MR) is 35.0 cm³/mol. The maximum atomic E-state index is 11.2. The first-order chi connectivity index (χ1) is 2.94. The Kier molecular flexibility index (Phi) is 4.89. The Bertz CT molecular complexity index is 60.8. The van der Waals surface area contributed by atoms with Crippen LogP contribution >= 0.6 is 24.9 Å². The van der Waals surface area contributed by atoms with Crippen molar-refractivity contribution in [1.29, 1.82) is 0 Å². The third-order valence-corrected chi connectivity index (χ3v) is 1.24. The van der Waals surface area contributed by atoms with Crippen molar-refractivity contribution in [2.45, 2.75) is 0 Å². The zero-order valence-corrected chi connectivity index (χ0v) is 6.31. The Labute approximate surface area is 55.6 Å². The van der Waals surface area contributed by atoms with Gasteiger partial charge in [0.05, 0.1) is 0 Å². The van der Waals surface area contributed by atoms with E-state index in [1.807, 2.05) is 0 Å². The second-order valence-corrected chi connectivity index (χ2v) is 2.69. The third kappa shape index (κ3) is 4.61. The minimum atomic E-state index is -4.91. The molecule has 0 N–H and O–H groups in total. The van der Waals surface area contributed by atoms with Crippen LogP contribution in [0.3, 0.4) is 0 Å². The van der Waals surface area contributed by atoms with Crippen molar-refractivity contribution in [2.75, 3.05) is 14.1 Å². The molecule has 54 valence electrons. The molecular formula is C2H8F3NS2. The molecule has 0 atom stereocenters. The Hall–Kier alpha value is 0.450. The average Bonchev–Trinajstić information content (AvgIpc) is 1.31. The molecule has 0 bridgehead atoms. The first-order valence-electron chi connectivity index (χ1n) is 1.54. The average molecular weight is 167 g/mol. The number of nitrogens with zero attached hydrogens (tertiary/aromatic N) is 1. The van der Waals surface area contributed by atoms with Gasteiger partial charge in [0.25, 0.3) is 11.4 Å². The van der Waals surface area contributed by atoms with Gasteiger partial charge in [0.1, 0.15) is 0 Å². The maximum absolute atomic E-state index is 11.2. The minimum Gasteiger partial charge on any atom is -0.199 e. The van der Waals surface area contributed by atoms with Crippen LogP contribution in [0.5, 0.6) is 0 Å². The van der Waals surface area contributed by atoms with Crippen molar-refractivity contribution in [3.63, 3.8) is 0 Å². The van der Waals surface area contributed by atoms with Gasteiger partial charge in [-0.05, 0) is 0 Å². The quantitative estimate of drug-likeness (QED) is 0.577. The summed E-state index contributed by atoms with van der Waals surface area (Å²) in [6.07, 6.45) is 0. The topological polar surface area (TPSA) is 3.24 Å². The van der Waals surface area contributed by atoms with Gasteiger partial charge in [-0.1, -0.05) is 0 Å². The molecule has 0 fully saturated rings. The van der Waals surface area contributed by atoms with Gasteiger partial charge in [-0.2, -0.15) is 17.8 Å². The predicted octanol–water partition coefficient (Wildman–Crippen LogP) is 2.03. The number of hydrogen-bond donors (Lipinski definition) is 0. The molecule has 0 aliphatic rings. The summed E-state index contributed by atoms with van der Waals surface area (Å²) in [5, 5.41) is 0. The Morgan fingerprint density at radius 2 is 1.25 bits per heavy atom. The molecule has 0 amide bonds. The normalized spacial score (nSPS) is 13.2. The molecule has 0 unspecified atom stereocenters. The fourth-order valence-corrected chi connectivity index (χ4v) is 0. The minimum absolute atomic E-state index is 0. The van der Waals surface area contributed by atoms with Crippen molar-refractivity contribution < 1.29 is 11.7 Å². The number of rotatable bonds is 1. The molecule has 0 heterocycles. The number of hydrogen-bond acceptors (Lipinski definition) is 1. The lowest BCUT2D eigenvalue weighted by Gasteiger charge is -2.16. The SMILES string of the molecule is CN(C)S(F)(F)F.S. The lowest BCUT2D eigenvalue weighted by Crippen LogP contribution is -2.06.